The maximum atomic E-state index is 10.9. The van der Waals surface area contributed by atoms with Crippen LogP contribution in [0.25, 0.3) is 11.1 Å². The van der Waals surface area contributed by atoms with Crippen LogP contribution in [0.2, 0.25) is 0 Å². The smallest absolute Gasteiger partial charge is 0.335 e. The molecule has 0 aliphatic heterocycles. The first kappa shape index (κ1) is 18.1. The van der Waals surface area contributed by atoms with Gasteiger partial charge >= 0.3 is 5.97 Å². The second-order valence-electron chi connectivity index (χ2n) is 6.08. The molecule has 3 heteroatoms. The highest BCUT2D eigenvalue weighted by Gasteiger charge is 2.09. The van der Waals surface area contributed by atoms with Crippen LogP contribution < -0.4 is 4.74 Å². The van der Waals surface area contributed by atoms with Gasteiger partial charge in [-0.3, -0.25) is 0 Å². The fraction of sp³-hybridized carbons (Fsp3) is 0.381. The van der Waals surface area contributed by atoms with E-state index in [4.69, 9.17) is 9.84 Å². The Morgan fingerprint density at radius 1 is 0.917 bits per heavy atom. The summed E-state index contributed by atoms with van der Waals surface area (Å²) < 4.78 is 6.12. The summed E-state index contributed by atoms with van der Waals surface area (Å²) in [5, 5.41) is 8.96. The number of carboxylic acids is 1. The fourth-order valence-corrected chi connectivity index (χ4v) is 2.74. The van der Waals surface area contributed by atoms with Gasteiger partial charge in [-0.1, -0.05) is 57.4 Å². The number of aromatic carboxylic acids is 1. The Labute approximate surface area is 144 Å². The van der Waals surface area contributed by atoms with Crippen LogP contribution in [-0.4, -0.2) is 17.2 Å². The van der Waals surface area contributed by atoms with Crippen molar-refractivity contribution >= 4 is 5.97 Å². The molecule has 3 nitrogen and oxygen atoms in total. The zero-order valence-corrected chi connectivity index (χ0v) is 14.5. The van der Waals surface area contributed by atoms with Crippen molar-refractivity contribution in [2.45, 2.75) is 52.1 Å². The normalized spacial score (nSPS) is 11.9. The monoisotopic (exact) mass is 326 g/mol. The van der Waals surface area contributed by atoms with Crippen LogP contribution in [-0.2, 0) is 0 Å². The maximum Gasteiger partial charge on any atom is 0.335 e. The molecule has 0 aromatic heterocycles. The third-order valence-electron chi connectivity index (χ3n) is 4.11. The summed E-state index contributed by atoms with van der Waals surface area (Å²) in [5.74, 6) is -0.00481. The SMILES string of the molecule is CCCCC(CCC)Oc1ccc(-c2ccc(C(=O)O)cc2)cc1. The van der Waals surface area contributed by atoms with Gasteiger partial charge in [0, 0.05) is 0 Å². The van der Waals surface area contributed by atoms with Crippen molar-refractivity contribution in [1.29, 1.82) is 0 Å². The number of hydrogen-bond acceptors (Lipinski definition) is 2. The molecule has 0 radical (unpaired) electrons. The minimum Gasteiger partial charge on any atom is -0.490 e. The molecule has 24 heavy (non-hydrogen) atoms. The quantitative estimate of drug-likeness (QED) is 0.634. The van der Waals surface area contributed by atoms with Gasteiger partial charge in [0.1, 0.15) is 5.75 Å². The van der Waals surface area contributed by atoms with E-state index in [1.54, 1.807) is 12.1 Å². The third-order valence-corrected chi connectivity index (χ3v) is 4.11. The number of carboxylic acid groups (broad SMARTS) is 1. The van der Waals surface area contributed by atoms with Gasteiger partial charge in [0.05, 0.1) is 11.7 Å². The van der Waals surface area contributed by atoms with E-state index < -0.39 is 5.97 Å². The van der Waals surface area contributed by atoms with E-state index in [2.05, 4.69) is 13.8 Å². The van der Waals surface area contributed by atoms with Crippen molar-refractivity contribution in [1.82, 2.24) is 0 Å². The summed E-state index contributed by atoms with van der Waals surface area (Å²) in [7, 11) is 0. The van der Waals surface area contributed by atoms with Crippen LogP contribution in [0.1, 0.15) is 56.3 Å². The molecule has 0 fully saturated rings. The lowest BCUT2D eigenvalue weighted by atomic mass is 10.0. The summed E-state index contributed by atoms with van der Waals surface area (Å²) in [4.78, 5) is 10.9. The average Bonchev–Trinajstić information content (AvgIpc) is 2.60. The lowest BCUT2D eigenvalue weighted by Gasteiger charge is -2.18. The van der Waals surface area contributed by atoms with Crippen LogP contribution >= 0.6 is 0 Å². The number of unbranched alkanes of at least 4 members (excludes halogenated alkanes) is 1. The first-order valence-corrected chi connectivity index (χ1v) is 8.74. The molecule has 0 spiro atoms. The highest BCUT2D eigenvalue weighted by atomic mass is 16.5. The Kier molecular flexibility index (Phi) is 6.86. The second-order valence-corrected chi connectivity index (χ2v) is 6.08. The number of carbonyl (C=O) groups is 1. The van der Waals surface area contributed by atoms with Crippen molar-refractivity contribution in [2.24, 2.45) is 0 Å². The molecular weight excluding hydrogens is 300 g/mol. The van der Waals surface area contributed by atoms with E-state index in [1.165, 1.54) is 12.8 Å². The summed E-state index contributed by atoms with van der Waals surface area (Å²) >= 11 is 0. The topological polar surface area (TPSA) is 46.5 Å². The van der Waals surface area contributed by atoms with Gasteiger partial charge in [-0.25, -0.2) is 4.79 Å². The van der Waals surface area contributed by atoms with Gasteiger partial charge in [-0.15, -0.1) is 0 Å². The lowest BCUT2D eigenvalue weighted by Crippen LogP contribution is -2.16. The van der Waals surface area contributed by atoms with E-state index >= 15 is 0 Å². The highest BCUT2D eigenvalue weighted by Crippen LogP contribution is 2.24. The lowest BCUT2D eigenvalue weighted by molar-refractivity contribution is 0.0697. The standard InChI is InChI=1S/C21H26O3/c1-3-5-7-19(6-4-2)24-20-14-12-17(13-15-20)16-8-10-18(11-9-16)21(22)23/h8-15,19H,3-7H2,1-2H3,(H,22,23). The van der Waals surface area contributed by atoms with Crippen LogP contribution in [0.15, 0.2) is 48.5 Å². The van der Waals surface area contributed by atoms with Crippen molar-refractivity contribution in [3.63, 3.8) is 0 Å². The molecule has 0 bridgehead atoms. The predicted octanol–water partition coefficient (Wildman–Crippen LogP) is 5.79. The summed E-state index contributed by atoms with van der Waals surface area (Å²) in [6.45, 7) is 4.39. The Balaban J connectivity index is 2.04. The number of benzene rings is 2. The predicted molar refractivity (Wildman–Crippen MR) is 97.7 cm³/mol. The zero-order chi connectivity index (χ0) is 17.4. The van der Waals surface area contributed by atoms with Gasteiger partial charge in [0.25, 0.3) is 0 Å². The minimum absolute atomic E-state index is 0.288. The molecule has 1 unspecified atom stereocenters. The van der Waals surface area contributed by atoms with Crippen molar-refractivity contribution < 1.29 is 14.6 Å². The third kappa shape index (κ3) is 5.12. The molecule has 0 saturated carbocycles. The molecule has 1 atom stereocenters. The Hall–Kier alpha value is -2.29. The van der Waals surface area contributed by atoms with Crippen molar-refractivity contribution in [2.75, 3.05) is 0 Å². The zero-order valence-electron chi connectivity index (χ0n) is 14.5. The maximum absolute atomic E-state index is 10.9. The van der Waals surface area contributed by atoms with Gasteiger partial charge in [0.15, 0.2) is 0 Å². The molecule has 0 aliphatic carbocycles. The van der Waals surface area contributed by atoms with Crippen LogP contribution in [0.5, 0.6) is 5.75 Å². The molecular formula is C21H26O3. The van der Waals surface area contributed by atoms with Crippen LogP contribution in [0, 0.1) is 0 Å². The van der Waals surface area contributed by atoms with Crippen LogP contribution in [0.3, 0.4) is 0 Å². The van der Waals surface area contributed by atoms with Gasteiger partial charge in [0.2, 0.25) is 0 Å². The van der Waals surface area contributed by atoms with E-state index in [9.17, 15) is 4.79 Å². The van der Waals surface area contributed by atoms with E-state index in [1.807, 2.05) is 36.4 Å². The molecule has 0 saturated heterocycles. The number of hydrogen-bond donors (Lipinski definition) is 1. The summed E-state index contributed by atoms with van der Waals surface area (Å²) in [6.07, 6.45) is 5.98. The minimum atomic E-state index is -0.903. The summed E-state index contributed by atoms with van der Waals surface area (Å²) in [6, 6.07) is 15.0. The molecule has 128 valence electrons. The van der Waals surface area contributed by atoms with Crippen LogP contribution in [0.4, 0.5) is 0 Å². The average molecular weight is 326 g/mol. The highest BCUT2D eigenvalue weighted by molar-refractivity contribution is 5.88. The molecule has 2 rings (SSSR count). The Morgan fingerprint density at radius 2 is 1.50 bits per heavy atom. The number of rotatable bonds is 9. The second kappa shape index (κ2) is 9.11. The first-order chi connectivity index (χ1) is 11.6. The van der Waals surface area contributed by atoms with Crippen molar-refractivity contribution in [3.05, 3.63) is 54.1 Å². The summed E-state index contributed by atoms with van der Waals surface area (Å²) in [5.41, 5.74) is 2.36. The first-order valence-electron chi connectivity index (χ1n) is 8.74. The van der Waals surface area contributed by atoms with Gasteiger partial charge < -0.3 is 9.84 Å². The van der Waals surface area contributed by atoms with E-state index in [0.717, 1.165) is 36.1 Å². The molecule has 1 N–H and O–H groups in total. The molecule has 0 aliphatic rings. The molecule has 2 aromatic carbocycles. The largest absolute Gasteiger partial charge is 0.490 e. The molecule has 2 aromatic rings. The molecule has 0 amide bonds. The van der Waals surface area contributed by atoms with Gasteiger partial charge in [-0.05, 0) is 48.2 Å². The van der Waals surface area contributed by atoms with E-state index in [0.29, 0.717) is 5.56 Å². The van der Waals surface area contributed by atoms with Gasteiger partial charge in [-0.2, -0.15) is 0 Å². The number of ether oxygens (including phenoxy) is 1. The van der Waals surface area contributed by atoms with E-state index in [-0.39, 0.29) is 6.10 Å². The Bertz CT molecular complexity index is 629. The van der Waals surface area contributed by atoms with Crippen molar-refractivity contribution in [3.8, 4) is 16.9 Å². The Morgan fingerprint density at radius 3 is 2.00 bits per heavy atom. The fourth-order valence-electron chi connectivity index (χ4n) is 2.74. The molecule has 0 heterocycles.